The molecule has 0 spiro atoms. The highest BCUT2D eigenvalue weighted by atomic mass is 32.2. The lowest BCUT2D eigenvalue weighted by molar-refractivity contribution is -0.136. The normalized spacial score (nSPS) is 10.2. The topological polar surface area (TPSA) is 101 Å². The number of aliphatic carboxylic acids is 1. The summed E-state index contributed by atoms with van der Waals surface area (Å²) < 4.78 is 5.01. The molecule has 0 atom stereocenters. The summed E-state index contributed by atoms with van der Waals surface area (Å²) in [7, 11) is 0. The molecule has 0 saturated heterocycles. The van der Waals surface area contributed by atoms with Crippen LogP contribution < -0.4 is 5.32 Å². The molecule has 0 amide bonds. The Balaban J connectivity index is 2.26. The van der Waals surface area contributed by atoms with Crippen molar-refractivity contribution in [1.82, 2.24) is 9.97 Å². The van der Waals surface area contributed by atoms with E-state index in [1.54, 1.807) is 31.2 Å². The molecule has 0 bridgehead atoms. The van der Waals surface area contributed by atoms with Crippen LogP contribution in [-0.4, -0.2) is 39.9 Å². The second kappa shape index (κ2) is 8.30. The smallest absolute Gasteiger partial charge is 0.343 e. The Morgan fingerprint density at radius 2 is 2.00 bits per heavy atom. The lowest BCUT2D eigenvalue weighted by Gasteiger charge is -2.11. The fourth-order valence-corrected chi connectivity index (χ4v) is 2.28. The highest BCUT2D eigenvalue weighted by molar-refractivity contribution is 7.98. The predicted octanol–water partition coefficient (Wildman–Crippen LogP) is 2.75. The van der Waals surface area contributed by atoms with Gasteiger partial charge in [0.05, 0.1) is 13.0 Å². The van der Waals surface area contributed by atoms with Crippen molar-refractivity contribution in [3.63, 3.8) is 0 Å². The van der Waals surface area contributed by atoms with Gasteiger partial charge in [-0.05, 0) is 30.9 Å². The number of hydrogen-bond acceptors (Lipinski definition) is 7. The Morgan fingerprint density at radius 1 is 1.29 bits per heavy atom. The maximum atomic E-state index is 12.0. The Labute approximate surface area is 143 Å². The average molecular weight is 347 g/mol. The molecule has 0 aliphatic heterocycles. The maximum absolute atomic E-state index is 12.0. The number of thioether (sulfide) groups is 1. The molecule has 2 rings (SSSR count). The number of esters is 1. The van der Waals surface area contributed by atoms with E-state index in [0.29, 0.717) is 22.2 Å². The van der Waals surface area contributed by atoms with Crippen molar-refractivity contribution >= 4 is 35.2 Å². The molecule has 0 aliphatic carbocycles. The van der Waals surface area contributed by atoms with Crippen molar-refractivity contribution in [2.75, 3.05) is 18.2 Å². The second-order valence-corrected chi connectivity index (χ2v) is 5.51. The molecule has 2 aromatic rings. The van der Waals surface area contributed by atoms with Gasteiger partial charge in [0.1, 0.15) is 11.4 Å². The Bertz CT molecular complexity index is 735. The van der Waals surface area contributed by atoms with E-state index in [4.69, 9.17) is 9.84 Å². The van der Waals surface area contributed by atoms with Crippen LogP contribution >= 0.6 is 11.8 Å². The molecule has 24 heavy (non-hydrogen) atoms. The molecule has 8 heteroatoms. The van der Waals surface area contributed by atoms with Gasteiger partial charge in [-0.3, -0.25) is 4.79 Å². The summed E-state index contributed by atoms with van der Waals surface area (Å²) in [6, 6.07) is 6.87. The zero-order valence-electron chi connectivity index (χ0n) is 13.3. The van der Waals surface area contributed by atoms with Crippen molar-refractivity contribution in [3.05, 3.63) is 41.6 Å². The van der Waals surface area contributed by atoms with E-state index in [1.807, 2.05) is 6.26 Å². The third kappa shape index (κ3) is 4.69. The van der Waals surface area contributed by atoms with Crippen molar-refractivity contribution in [2.45, 2.75) is 18.5 Å². The van der Waals surface area contributed by atoms with Crippen LogP contribution in [0.1, 0.15) is 22.8 Å². The molecule has 2 N–H and O–H groups in total. The standard InChI is InChI=1S/C16H17N3O4S/c1-3-23-15(22)12-9-17-16(24-2)19-14(12)18-11-6-4-10(5-7-11)8-13(20)21/h4-7,9H,3,8H2,1-2H3,(H,20,21)(H,17,18,19). The quantitative estimate of drug-likeness (QED) is 0.448. The molecule has 7 nitrogen and oxygen atoms in total. The van der Waals surface area contributed by atoms with Crippen LogP contribution in [0.5, 0.6) is 0 Å². The summed E-state index contributed by atoms with van der Waals surface area (Å²) in [5.74, 6) is -1.05. The maximum Gasteiger partial charge on any atom is 0.343 e. The van der Waals surface area contributed by atoms with Crippen molar-refractivity contribution < 1.29 is 19.4 Å². The van der Waals surface area contributed by atoms with Crippen LogP contribution in [-0.2, 0) is 16.0 Å². The third-order valence-corrected chi connectivity index (χ3v) is 3.58. The highest BCUT2D eigenvalue weighted by Crippen LogP contribution is 2.22. The average Bonchev–Trinajstić information content (AvgIpc) is 2.56. The zero-order valence-corrected chi connectivity index (χ0v) is 14.1. The number of nitrogens with one attached hydrogen (secondary N) is 1. The van der Waals surface area contributed by atoms with E-state index < -0.39 is 11.9 Å². The van der Waals surface area contributed by atoms with E-state index in [2.05, 4.69) is 15.3 Å². The highest BCUT2D eigenvalue weighted by Gasteiger charge is 2.16. The monoisotopic (exact) mass is 347 g/mol. The number of carboxylic acids is 1. The summed E-state index contributed by atoms with van der Waals surface area (Å²) in [4.78, 5) is 31.1. The van der Waals surface area contributed by atoms with E-state index in [9.17, 15) is 9.59 Å². The summed E-state index contributed by atoms with van der Waals surface area (Å²) in [5.41, 5.74) is 1.61. The second-order valence-electron chi connectivity index (χ2n) is 4.73. The SMILES string of the molecule is CCOC(=O)c1cnc(SC)nc1Nc1ccc(CC(=O)O)cc1. The molecule has 0 unspecified atom stereocenters. The molecule has 1 heterocycles. The Morgan fingerprint density at radius 3 is 2.58 bits per heavy atom. The van der Waals surface area contributed by atoms with Crippen molar-refractivity contribution in [3.8, 4) is 0 Å². The van der Waals surface area contributed by atoms with Crippen molar-refractivity contribution in [2.24, 2.45) is 0 Å². The zero-order chi connectivity index (χ0) is 17.5. The van der Waals surface area contributed by atoms with Crippen molar-refractivity contribution in [1.29, 1.82) is 0 Å². The van der Waals surface area contributed by atoms with Gasteiger partial charge in [0.25, 0.3) is 0 Å². The van der Waals surface area contributed by atoms with Gasteiger partial charge in [0.2, 0.25) is 0 Å². The van der Waals surface area contributed by atoms with Gasteiger partial charge in [0.15, 0.2) is 5.16 Å². The van der Waals surface area contributed by atoms with Crippen LogP contribution in [0.25, 0.3) is 0 Å². The molecule has 0 fully saturated rings. The first-order valence-corrected chi connectivity index (χ1v) is 8.42. The minimum Gasteiger partial charge on any atom is -0.481 e. The predicted molar refractivity (Wildman–Crippen MR) is 90.8 cm³/mol. The first-order valence-electron chi connectivity index (χ1n) is 7.19. The number of benzene rings is 1. The van der Waals surface area contributed by atoms with Gasteiger partial charge in [-0.25, -0.2) is 14.8 Å². The van der Waals surface area contributed by atoms with Gasteiger partial charge in [-0.2, -0.15) is 0 Å². The summed E-state index contributed by atoms with van der Waals surface area (Å²) in [6.45, 7) is 1.98. The number of rotatable bonds is 7. The molecule has 126 valence electrons. The van der Waals surface area contributed by atoms with Crippen LogP contribution in [0.15, 0.2) is 35.6 Å². The van der Waals surface area contributed by atoms with Gasteiger partial charge >= 0.3 is 11.9 Å². The van der Waals surface area contributed by atoms with Gasteiger partial charge in [-0.1, -0.05) is 23.9 Å². The first-order chi connectivity index (χ1) is 11.5. The molecule has 1 aromatic heterocycles. The summed E-state index contributed by atoms with van der Waals surface area (Å²) >= 11 is 1.36. The van der Waals surface area contributed by atoms with Crippen LogP contribution in [0.2, 0.25) is 0 Å². The molecule has 0 aliphatic rings. The Hall–Kier alpha value is -2.61. The van der Waals surface area contributed by atoms with E-state index in [0.717, 1.165) is 0 Å². The number of nitrogens with zero attached hydrogens (tertiary/aromatic N) is 2. The van der Waals surface area contributed by atoms with Crippen LogP contribution in [0.3, 0.4) is 0 Å². The van der Waals surface area contributed by atoms with Gasteiger partial charge < -0.3 is 15.2 Å². The number of carbonyl (C=O) groups is 2. The number of carbonyl (C=O) groups excluding carboxylic acids is 1. The van der Waals surface area contributed by atoms with E-state index in [1.165, 1.54) is 18.0 Å². The summed E-state index contributed by atoms with van der Waals surface area (Å²) in [5, 5.41) is 12.4. The molecule has 0 radical (unpaired) electrons. The van der Waals surface area contributed by atoms with Crippen LogP contribution in [0.4, 0.5) is 11.5 Å². The molecule has 0 saturated carbocycles. The lowest BCUT2D eigenvalue weighted by atomic mass is 10.1. The molecular formula is C16H17N3O4S. The fraction of sp³-hybridized carbons (Fsp3) is 0.250. The largest absolute Gasteiger partial charge is 0.481 e. The summed E-state index contributed by atoms with van der Waals surface area (Å²) in [6.07, 6.45) is 3.22. The molecular weight excluding hydrogens is 330 g/mol. The number of ether oxygens (including phenoxy) is 1. The number of hydrogen-bond donors (Lipinski definition) is 2. The Kier molecular flexibility index (Phi) is 6.14. The van der Waals surface area contributed by atoms with Gasteiger partial charge in [-0.15, -0.1) is 0 Å². The first kappa shape index (κ1) is 17.7. The lowest BCUT2D eigenvalue weighted by Crippen LogP contribution is -2.10. The van der Waals surface area contributed by atoms with E-state index in [-0.39, 0.29) is 18.6 Å². The van der Waals surface area contributed by atoms with Crippen LogP contribution in [0, 0.1) is 0 Å². The van der Waals surface area contributed by atoms with Gasteiger partial charge in [0, 0.05) is 11.9 Å². The number of anilines is 2. The van der Waals surface area contributed by atoms with E-state index >= 15 is 0 Å². The number of aromatic nitrogens is 2. The third-order valence-electron chi connectivity index (χ3n) is 3.02. The molecule has 1 aromatic carbocycles. The fourth-order valence-electron chi connectivity index (χ4n) is 1.93. The minimum absolute atomic E-state index is 0.0432. The number of carboxylic acid groups (broad SMARTS) is 1. The minimum atomic E-state index is -0.888.